The van der Waals surface area contributed by atoms with Gasteiger partial charge in [-0.1, -0.05) is 30.3 Å². The highest BCUT2D eigenvalue weighted by atomic mass is 32.2. The Labute approximate surface area is 111 Å². The minimum absolute atomic E-state index is 0.0165. The van der Waals surface area contributed by atoms with Crippen LogP contribution in [0.5, 0.6) is 0 Å². The number of hydrogen-bond donors (Lipinski definition) is 3. The molecule has 0 unspecified atom stereocenters. The predicted molar refractivity (Wildman–Crippen MR) is 75.7 cm³/mol. The average molecular weight is 286 g/mol. The average Bonchev–Trinajstić information content (AvgIpc) is 2.28. The van der Waals surface area contributed by atoms with Crippen LogP contribution in [-0.2, 0) is 10.0 Å². The van der Waals surface area contributed by atoms with Gasteiger partial charge in [0, 0.05) is 0 Å². The van der Waals surface area contributed by atoms with Crippen molar-refractivity contribution in [2.75, 3.05) is 12.8 Å². The molecule has 0 atom stereocenters. The number of nitrogens with one attached hydrogen (secondary N) is 2. The van der Waals surface area contributed by atoms with Crippen molar-refractivity contribution in [3.05, 3.63) is 35.9 Å². The minimum atomic E-state index is -3.29. The van der Waals surface area contributed by atoms with Crippen molar-refractivity contribution in [3.8, 4) is 0 Å². The first kappa shape index (κ1) is 14.6. The fourth-order valence-electron chi connectivity index (χ4n) is 1.16. The molecule has 0 aromatic heterocycles. The van der Waals surface area contributed by atoms with Crippen molar-refractivity contribution in [2.24, 2.45) is 10.8 Å². The number of benzene rings is 1. The second-order valence-electron chi connectivity index (χ2n) is 3.49. The topological polar surface area (TPSA) is 96.6 Å². The van der Waals surface area contributed by atoms with Crippen LogP contribution in [0, 0.1) is 0 Å². The molecule has 1 aromatic rings. The molecule has 0 saturated carbocycles. The number of nitrogens with zero attached hydrogens (tertiary/aromatic N) is 1. The summed E-state index contributed by atoms with van der Waals surface area (Å²) in [5.41, 5.74) is 8.99. The van der Waals surface area contributed by atoms with Crippen LogP contribution in [0.2, 0.25) is 0 Å². The lowest BCUT2D eigenvalue weighted by molar-refractivity contribution is 0.592. The monoisotopic (exact) mass is 286 g/mol. The minimum Gasteiger partial charge on any atom is -0.375 e. The maximum Gasteiger partial charge on any atom is 0.209 e. The largest absolute Gasteiger partial charge is 0.375 e. The fraction of sp³-hybridized carbons (Fsp3) is 0.200. The third-order valence-corrected chi connectivity index (χ3v) is 2.67. The summed E-state index contributed by atoms with van der Waals surface area (Å²) in [7, 11) is -3.29. The van der Waals surface area contributed by atoms with Crippen molar-refractivity contribution in [3.63, 3.8) is 0 Å². The van der Waals surface area contributed by atoms with Crippen molar-refractivity contribution in [1.82, 2.24) is 10.1 Å². The lowest BCUT2D eigenvalue weighted by Crippen LogP contribution is -2.32. The van der Waals surface area contributed by atoms with E-state index in [0.29, 0.717) is 5.71 Å². The van der Waals surface area contributed by atoms with E-state index < -0.39 is 10.0 Å². The highest BCUT2D eigenvalue weighted by Gasteiger charge is 2.07. The molecule has 0 saturated heterocycles. The van der Waals surface area contributed by atoms with Crippen LogP contribution in [0.1, 0.15) is 5.56 Å². The Bertz CT molecular complexity index is 540. The van der Waals surface area contributed by atoms with Crippen molar-refractivity contribution < 1.29 is 8.42 Å². The van der Waals surface area contributed by atoms with Gasteiger partial charge in [0.2, 0.25) is 10.0 Å². The van der Waals surface area contributed by atoms with Crippen molar-refractivity contribution in [2.45, 2.75) is 0 Å². The van der Waals surface area contributed by atoms with Crippen molar-refractivity contribution >= 4 is 33.1 Å². The van der Waals surface area contributed by atoms with Crippen LogP contribution >= 0.6 is 12.2 Å². The first-order valence-electron chi connectivity index (χ1n) is 5.00. The van der Waals surface area contributed by atoms with E-state index in [0.717, 1.165) is 11.8 Å². The number of rotatable bonds is 5. The molecule has 0 spiro atoms. The van der Waals surface area contributed by atoms with Gasteiger partial charge in [-0.2, -0.15) is 5.10 Å². The Morgan fingerprint density at radius 3 is 2.50 bits per heavy atom. The molecule has 18 heavy (non-hydrogen) atoms. The maximum absolute atomic E-state index is 11.1. The SMILES string of the molecule is CS(=O)(=O)NCC(=NNC(N)=S)c1ccccc1. The summed E-state index contributed by atoms with van der Waals surface area (Å²) in [4.78, 5) is 0. The summed E-state index contributed by atoms with van der Waals surface area (Å²) in [5, 5.41) is 3.99. The Morgan fingerprint density at radius 1 is 1.39 bits per heavy atom. The molecule has 0 amide bonds. The summed E-state index contributed by atoms with van der Waals surface area (Å²) < 4.78 is 24.5. The van der Waals surface area contributed by atoms with E-state index in [1.54, 1.807) is 0 Å². The number of hydrogen-bond acceptors (Lipinski definition) is 4. The van der Waals surface area contributed by atoms with Gasteiger partial charge in [-0.15, -0.1) is 0 Å². The number of nitrogens with two attached hydrogens (primary N) is 1. The molecular formula is C10H14N4O2S2. The zero-order chi connectivity index (χ0) is 13.6. The van der Waals surface area contributed by atoms with Crippen LogP contribution in [-0.4, -0.2) is 32.0 Å². The van der Waals surface area contributed by atoms with Gasteiger partial charge in [-0.3, -0.25) is 5.43 Å². The Balaban J connectivity index is 2.89. The molecule has 8 heteroatoms. The van der Waals surface area contributed by atoms with E-state index in [9.17, 15) is 8.42 Å². The smallest absolute Gasteiger partial charge is 0.209 e. The van der Waals surface area contributed by atoms with E-state index in [4.69, 9.17) is 5.73 Å². The van der Waals surface area contributed by atoms with Gasteiger partial charge in [-0.25, -0.2) is 13.1 Å². The van der Waals surface area contributed by atoms with Crippen LogP contribution in [0.25, 0.3) is 0 Å². The first-order valence-corrected chi connectivity index (χ1v) is 7.30. The fourth-order valence-corrected chi connectivity index (χ4v) is 1.60. The van der Waals surface area contributed by atoms with Gasteiger partial charge in [0.05, 0.1) is 18.5 Å². The molecule has 4 N–H and O–H groups in total. The Kier molecular flexibility index (Phi) is 5.20. The molecule has 1 rings (SSSR count). The van der Waals surface area contributed by atoms with E-state index in [2.05, 4.69) is 27.5 Å². The zero-order valence-corrected chi connectivity index (χ0v) is 11.4. The summed E-state index contributed by atoms with van der Waals surface area (Å²) in [6.45, 7) is 0.0540. The van der Waals surface area contributed by atoms with E-state index in [1.165, 1.54) is 0 Å². The third-order valence-electron chi connectivity index (χ3n) is 1.91. The molecule has 0 aliphatic heterocycles. The maximum atomic E-state index is 11.1. The lowest BCUT2D eigenvalue weighted by Gasteiger charge is -2.07. The number of thiocarbonyl (C=S) groups is 1. The zero-order valence-electron chi connectivity index (χ0n) is 9.75. The highest BCUT2D eigenvalue weighted by Crippen LogP contribution is 2.00. The van der Waals surface area contributed by atoms with Crippen LogP contribution < -0.4 is 15.9 Å². The van der Waals surface area contributed by atoms with Crippen molar-refractivity contribution in [1.29, 1.82) is 0 Å². The molecule has 0 aliphatic rings. The molecular weight excluding hydrogens is 272 g/mol. The molecule has 0 heterocycles. The molecule has 0 bridgehead atoms. The Morgan fingerprint density at radius 2 is 2.00 bits per heavy atom. The van der Waals surface area contributed by atoms with E-state index in [-0.39, 0.29) is 11.7 Å². The number of hydrazone groups is 1. The van der Waals surface area contributed by atoms with Gasteiger partial charge in [-0.05, 0) is 17.8 Å². The van der Waals surface area contributed by atoms with E-state index in [1.807, 2.05) is 30.3 Å². The summed E-state index contributed by atoms with van der Waals surface area (Å²) >= 11 is 4.64. The molecule has 1 aromatic carbocycles. The standard InChI is InChI=1S/C10H14N4O2S2/c1-18(15,16)12-7-9(13-14-10(11)17)8-5-3-2-4-6-8/h2-6,12H,7H2,1H3,(H3,11,14,17). The molecule has 98 valence electrons. The van der Waals surface area contributed by atoms with Crippen LogP contribution in [0.3, 0.4) is 0 Å². The van der Waals surface area contributed by atoms with Crippen LogP contribution in [0.4, 0.5) is 0 Å². The highest BCUT2D eigenvalue weighted by molar-refractivity contribution is 7.88. The van der Waals surface area contributed by atoms with E-state index >= 15 is 0 Å². The summed E-state index contributed by atoms with van der Waals surface area (Å²) in [6, 6.07) is 9.12. The molecule has 6 nitrogen and oxygen atoms in total. The lowest BCUT2D eigenvalue weighted by atomic mass is 10.1. The number of sulfonamides is 1. The third kappa shape index (κ3) is 5.71. The summed E-state index contributed by atoms with van der Waals surface area (Å²) in [5.74, 6) is 0. The first-order chi connectivity index (χ1) is 8.38. The van der Waals surface area contributed by atoms with Crippen LogP contribution in [0.15, 0.2) is 35.4 Å². The predicted octanol–water partition coefficient (Wildman–Crippen LogP) is -0.227. The quantitative estimate of drug-likeness (QED) is 0.395. The second-order valence-corrected chi connectivity index (χ2v) is 5.77. The van der Waals surface area contributed by atoms with Gasteiger partial charge < -0.3 is 5.73 Å². The molecule has 0 fully saturated rings. The summed E-state index contributed by atoms with van der Waals surface area (Å²) in [6.07, 6.45) is 1.08. The van der Waals surface area contributed by atoms with Gasteiger partial charge in [0.25, 0.3) is 0 Å². The Hall–Kier alpha value is -1.51. The normalized spacial score (nSPS) is 12.2. The molecule has 0 radical (unpaired) electrons. The second kappa shape index (κ2) is 6.43. The van der Waals surface area contributed by atoms with Gasteiger partial charge in [0.15, 0.2) is 5.11 Å². The van der Waals surface area contributed by atoms with Gasteiger partial charge >= 0.3 is 0 Å². The molecule has 0 aliphatic carbocycles. The van der Waals surface area contributed by atoms with Gasteiger partial charge in [0.1, 0.15) is 0 Å².